The van der Waals surface area contributed by atoms with E-state index in [4.69, 9.17) is 0 Å². The minimum Gasteiger partial charge on any atom is -0.309 e. The second-order valence-corrected chi connectivity index (χ2v) is 5.24. The topological polar surface area (TPSA) is 12.0 Å². The van der Waals surface area contributed by atoms with E-state index in [0.29, 0.717) is 6.04 Å². The normalized spacial score (nSPS) is 18.6. The van der Waals surface area contributed by atoms with Crippen molar-refractivity contribution in [3.63, 3.8) is 0 Å². The molecular weight excluding hydrogens is 249 g/mol. The summed E-state index contributed by atoms with van der Waals surface area (Å²) in [4.78, 5) is 0. The molecule has 0 radical (unpaired) electrons. The van der Waals surface area contributed by atoms with Crippen LogP contribution < -0.4 is 5.32 Å². The van der Waals surface area contributed by atoms with Gasteiger partial charge in [-0.25, -0.2) is 4.39 Å². The maximum Gasteiger partial charge on any atom is 0.123 e. The van der Waals surface area contributed by atoms with Crippen molar-refractivity contribution in [2.45, 2.75) is 18.9 Å². The monoisotopic (exact) mass is 267 g/mol. The van der Waals surface area contributed by atoms with Crippen molar-refractivity contribution in [3.05, 3.63) is 77.6 Å². The van der Waals surface area contributed by atoms with Gasteiger partial charge in [-0.15, -0.1) is 0 Å². The molecule has 1 heterocycles. The highest BCUT2D eigenvalue weighted by atomic mass is 19.1. The van der Waals surface area contributed by atoms with E-state index < -0.39 is 0 Å². The SMILES string of the molecule is Fc1cccc(C2=CCC(Cc3ccccc3)NC2)c1. The van der Waals surface area contributed by atoms with Crippen LogP contribution in [0, 0.1) is 5.82 Å². The second kappa shape index (κ2) is 6.02. The predicted molar refractivity (Wildman–Crippen MR) is 80.9 cm³/mol. The molecule has 0 amide bonds. The molecule has 0 saturated heterocycles. The minimum atomic E-state index is -0.171. The average Bonchev–Trinajstić information content (AvgIpc) is 2.49. The molecule has 2 aromatic carbocycles. The molecular formula is C18H18FN. The average molecular weight is 267 g/mol. The number of benzene rings is 2. The zero-order chi connectivity index (χ0) is 13.8. The van der Waals surface area contributed by atoms with Crippen LogP contribution in [0.15, 0.2) is 60.7 Å². The summed E-state index contributed by atoms with van der Waals surface area (Å²) < 4.78 is 13.2. The van der Waals surface area contributed by atoms with Crippen LogP contribution >= 0.6 is 0 Å². The summed E-state index contributed by atoms with van der Waals surface area (Å²) in [7, 11) is 0. The zero-order valence-electron chi connectivity index (χ0n) is 11.4. The van der Waals surface area contributed by atoms with E-state index in [2.05, 4.69) is 35.7 Å². The Morgan fingerprint density at radius 2 is 1.90 bits per heavy atom. The van der Waals surface area contributed by atoms with Gasteiger partial charge >= 0.3 is 0 Å². The highest BCUT2D eigenvalue weighted by Crippen LogP contribution is 2.20. The molecule has 102 valence electrons. The van der Waals surface area contributed by atoms with Crippen molar-refractivity contribution in [1.29, 1.82) is 0 Å². The predicted octanol–water partition coefficient (Wildman–Crippen LogP) is 3.81. The van der Waals surface area contributed by atoms with Crippen molar-refractivity contribution in [2.75, 3.05) is 6.54 Å². The molecule has 0 saturated carbocycles. The van der Waals surface area contributed by atoms with Crippen LogP contribution in [0.4, 0.5) is 4.39 Å². The summed E-state index contributed by atoms with van der Waals surface area (Å²) in [6.07, 6.45) is 4.26. The van der Waals surface area contributed by atoms with Crippen molar-refractivity contribution >= 4 is 5.57 Å². The molecule has 1 aliphatic heterocycles. The maximum absolute atomic E-state index is 13.2. The molecule has 0 aliphatic carbocycles. The smallest absolute Gasteiger partial charge is 0.123 e. The Bertz CT molecular complexity index is 604. The fourth-order valence-corrected chi connectivity index (χ4v) is 2.66. The quantitative estimate of drug-likeness (QED) is 0.891. The Hall–Kier alpha value is -1.93. The fraction of sp³-hybridized carbons (Fsp3) is 0.222. The maximum atomic E-state index is 13.2. The van der Waals surface area contributed by atoms with Crippen LogP contribution in [0.25, 0.3) is 5.57 Å². The largest absolute Gasteiger partial charge is 0.309 e. The van der Waals surface area contributed by atoms with Crippen molar-refractivity contribution in [2.24, 2.45) is 0 Å². The van der Waals surface area contributed by atoms with Crippen molar-refractivity contribution in [3.8, 4) is 0 Å². The Labute approximate surface area is 119 Å². The van der Waals surface area contributed by atoms with Crippen LogP contribution in [0.2, 0.25) is 0 Å². The van der Waals surface area contributed by atoms with Gasteiger partial charge in [0.2, 0.25) is 0 Å². The summed E-state index contributed by atoms with van der Waals surface area (Å²) in [5.41, 5.74) is 3.53. The summed E-state index contributed by atoms with van der Waals surface area (Å²) in [5, 5.41) is 3.54. The molecule has 1 atom stereocenters. The lowest BCUT2D eigenvalue weighted by Crippen LogP contribution is -2.35. The van der Waals surface area contributed by atoms with E-state index in [1.807, 2.05) is 12.1 Å². The van der Waals surface area contributed by atoms with Crippen molar-refractivity contribution < 1.29 is 4.39 Å². The Balaban J connectivity index is 1.66. The van der Waals surface area contributed by atoms with Gasteiger partial charge in [0, 0.05) is 12.6 Å². The van der Waals surface area contributed by atoms with Crippen LogP contribution in [0.3, 0.4) is 0 Å². The first kappa shape index (κ1) is 13.1. The molecule has 3 rings (SSSR count). The third kappa shape index (κ3) is 3.14. The van der Waals surface area contributed by atoms with E-state index >= 15 is 0 Å². The van der Waals surface area contributed by atoms with Crippen LogP contribution in [-0.4, -0.2) is 12.6 Å². The van der Waals surface area contributed by atoms with Gasteiger partial charge in [-0.1, -0.05) is 48.5 Å². The highest BCUT2D eigenvalue weighted by molar-refractivity contribution is 5.67. The molecule has 0 fully saturated rings. The summed E-state index contributed by atoms with van der Waals surface area (Å²) >= 11 is 0. The molecule has 2 heteroatoms. The summed E-state index contributed by atoms with van der Waals surface area (Å²) in [6.45, 7) is 0.807. The summed E-state index contributed by atoms with van der Waals surface area (Å²) in [5.74, 6) is -0.171. The van der Waals surface area contributed by atoms with Gasteiger partial charge in [0.05, 0.1) is 0 Å². The first-order valence-electron chi connectivity index (χ1n) is 7.03. The number of nitrogens with one attached hydrogen (secondary N) is 1. The standard InChI is InChI=1S/C18H18FN/c19-17-8-4-7-15(12-17)16-9-10-18(20-13-16)11-14-5-2-1-3-6-14/h1-9,12,18,20H,10-11,13H2. The van der Waals surface area contributed by atoms with Gasteiger partial charge in [-0.05, 0) is 41.7 Å². The zero-order valence-corrected chi connectivity index (χ0v) is 11.4. The molecule has 1 aliphatic rings. The lowest BCUT2D eigenvalue weighted by atomic mass is 9.95. The van der Waals surface area contributed by atoms with Crippen LogP contribution in [0.1, 0.15) is 17.5 Å². The van der Waals surface area contributed by atoms with Crippen molar-refractivity contribution in [1.82, 2.24) is 5.32 Å². The lowest BCUT2D eigenvalue weighted by Gasteiger charge is -2.24. The third-order valence-electron chi connectivity index (χ3n) is 3.75. The van der Waals surface area contributed by atoms with E-state index in [-0.39, 0.29) is 5.82 Å². The first-order chi connectivity index (χ1) is 9.81. The number of hydrogen-bond donors (Lipinski definition) is 1. The number of halogens is 1. The molecule has 20 heavy (non-hydrogen) atoms. The lowest BCUT2D eigenvalue weighted by molar-refractivity contribution is 0.531. The van der Waals surface area contributed by atoms with E-state index in [0.717, 1.165) is 24.9 Å². The summed E-state index contributed by atoms with van der Waals surface area (Å²) in [6, 6.07) is 17.8. The molecule has 0 spiro atoms. The van der Waals surface area contributed by atoms with E-state index in [1.165, 1.54) is 17.2 Å². The number of rotatable bonds is 3. The molecule has 1 nitrogen and oxygen atoms in total. The minimum absolute atomic E-state index is 0.171. The Kier molecular flexibility index (Phi) is 3.93. The van der Waals surface area contributed by atoms with Gasteiger partial charge in [-0.3, -0.25) is 0 Å². The van der Waals surface area contributed by atoms with Gasteiger partial charge < -0.3 is 5.32 Å². The Morgan fingerprint density at radius 3 is 2.60 bits per heavy atom. The van der Waals surface area contributed by atoms with E-state index in [1.54, 1.807) is 12.1 Å². The third-order valence-corrected chi connectivity index (χ3v) is 3.75. The van der Waals surface area contributed by atoms with Gasteiger partial charge in [0.1, 0.15) is 5.82 Å². The fourth-order valence-electron chi connectivity index (χ4n) is 2.66. The molecule has 2 aromatic rings. The molecule has 0 aromatic heterocycles. The van der Waals surface area contributed by atoms with Gasteiger partial charge in [0.25, 0.3) is 0 Å². The first-order valence-corrected chi connectivity index (χ1v) is 7.03. The van der Waals surface area contributed by atoms with Crippen LogP contribution in [0.5, 0.6) is 0 Å². The highest BCUT2D eigenvalue weighted by Gasteiger charge is 2.15. The van der Waals surface area contributed by atoms with Gasteiger partial charge in [0.15, 0.2) is 0 Å². The van der Waals surface area contributed by atoms with Crippen LogP contribution in [-0.2, 0) is 6.42 Å². The Morgan fingerprint density at radius 1 is 1.05 bits per heavy atom. The molecule has 0 bridgehead atoms. The molecule has 1 unspecified atom stereocenters. The number of hydrogen-bond acceptors (Lipinski definition) is 1. The van der Waals surface area contributed by atoms with E-state index in [9.17, 15) is 4.39 Å². The van der Waals surface area contributed by atoms with Gasteiger partial charge in [-0.2, -0.15) is 0 Å². The molecule has 1 N–H and O–H groups in total. The second-order valence-electron chi connectivity index (χ2n) is 5.24.